The van der Waals surface area contributed by atoms with Crippen LogP contribution < -0.4 is 10.6 Å². The summed E-state index contributed by atoms with van der Waals surface area (Å²) in [5.41, 5.74) is 0.771. The van der Waals surface area contributed by atoms with Gasteiger partial charge in [0.2, 0.25) is 11.6 Å². The maximum atomic E-state index is 11.6. The number of pyridine rings is 1. The minimum Gasteiger partial charge on any atom is -0.360 e. The number of aromatic nitrogens is 3. The highest BCUT2D eigenvalue weighted by Gasteiger charge is 2.26. The smallest absolute Gasteiger partial charge is 0.353 e. The van der Waals surface area contributed by atoms with Crippen LogP contribution in [0.1, 0.15) is 20.8 Å². The Labute approximate surface area is 144 Å². The van der Waals surface area contributed by atoms with E-state index in [1.807, 2.05) is 45.0 Å². The number of para-hydroxylation sites is 1. The van der Waals surface area contributed by atoms with Crippen molar-refractivity contribution >= 4 is 33.9 Å². The quantitative estimate of drug-likeness (QED) is 0.549. The second-order valence-corrected chi connectivity index (χ2v) is 6.56. The van der Waals surface area contributed by atoms with Gasteiger partial charge in [-0.25, -0.2) is 9.97 Å². The number of fused-ring (bicyclic) bond motifs is 1. The molecule has 128 valence electrons. The molecule has 3 aromatic rings. The molecule has 0 aliphatic carbocycles. The molecule has 0 radical (unpaired) electrons. The van der Waals surface area contributed by atoms with Crippen LogP contribution in [0.15, 0.2) is 42.9 Å². The van der Waals surface area contributed by atoms with E-state index in [9.17, 15) is 10.1 Å². The van der Waals surface area contributed by atoms with Crippen LogP contribution in [0.5, 0.6) is 0 Å². The molecule has 0 unspecified atom stereocenters. The van der Waals surface area contributed by atoms with Gasteiger partial charge in [0.15, 0.2) is 0 Å². The predicted octanol–water partition coefficient (Wildman–Crippen LogP) is 3.89. The molecule has 2 heterocycles. The molecule has 0 saturated carbocycles. The molecule has 2 aromatic heterocycles. The van der Waals surface area contributed by atoms with Crippen LogP contribution in [0, 0.1) is 10.1 Å². The molecule has 0 spiro atoms. The Morgan fingerprint density at radius 3 is 2.48 bits per heavy atom. The molecule has 3 rings (SSSR count). The highest BCUT2D eigenvalue weighted by Crippen LogP contribution is 2.34. The summed E-state index contributed by atoms with van der Waals surface area (Å²) >= 11 is 0. The summed E-state index contributed by atoms with van der Waals surface area (Å²) in [5.74, 6) is 0.285. The first-order chi connectivity index (χ1) is 11.8. The van der Waals surface area contributed by atoms with E-state index in [2.05, 4.69) is 25.6 Å². The zero-order valence-corrected chi connectivity index (χ0v) is 14.1. The summed E-state index contributed by atoms with van der Waals surface area (Å²) < 4.78 is 0. The molecule has 0 aliphatic rings. The Hall–Kier alpha value is -3.29. The average Bonchev–Trinajstić information content (AvgIpc) is 2.53. The minimum absolute atomic E-state index is 0.116. The summed E-state index contributed by atoms with van der Waals surface area (Å²) in [6.45, 7) is 5.71. The number of nitrogens with zero attached hydrogens (tertiary/aromatic N) is 4. The van der Waals surface area contributed by atoms with Gasteiger partial charge in [-0.1, -0.05) is 18.2 Å². The summed E-state index contributed by atoms with van der Waals surface area (Å²) in [4.78, 5) is 23.6. The maximum Gasteiger partial charge on any atom is 0.353 e. The van der Waals surface area contributed by atoms with Crippen LogP contribution in [0.4, 0.5) is 23.0 Å². The van der Waals surface area contributed by atoms with Gasteiger partial charge in [-0.2, -0.15) is 0 Å². The average molecular weight is 338 g/mol. The van der Waals surface area contributed by atoms with Crippen LogP contribution in [0.3, 0.4) is 0 Å². The van der Waals surface area contributed by atoms with E-state index in [0.717, 1.165) is 5.39 Å². The zero-order valence-electron chi connectivity index (χ0n) is 14.1. The topological polar surface area (TPSA) is 106 Å². The van der Waals surface area contributed by atoms with Crippen molar-refractivity contribution < 1.29 is 4.92 Å². The number of hydrogen-bond donors (Lipinski definition) is 2. The van der Waals surface area contributed by atoms with Gasteiger partial charge in [0.05, 0.1) is 16.1 Å². The Bertz CT molecular complexity index is 931. The lowest BCUT2D eigenvalue weighted by molar-refractivity contribution is -0.383. The van der Waals surface area contributed by atoms with E-state index >= 15 is 0 Å². The zero-order chi connectivity index (χ0) is 18.0. The van der Waals surface area contributed by atoms with Gasteiger partial charge in [0, 0.05) is 17.1 Å². The molecule has 0 fully saturated rings. The molecule has 0 atom stereocenters. The molecule has 0 amide bonds. The van der Waals surface area contributed by atoms with E-state index < -0.39 is 4.92 Å². The Morgan fingerprint density at radius 1 is 1.04 bits per heavy atom. The number of nitrogens with one attached hydrogen (secondary N) is 2. The second kappa shape index (κ2) is 6.31. The number of nitro groups is 1. The van der Waals surface area contributed by atoms with Gasteiger partial charge >= 0.3 is 5.69 Å². The molecule has 8 nitrogen and oxygen atoms in total. The summed E-state index contributed by atoms with van der Waals surface area (Å²) in [6, 6.07) is 9.35. The monoisotopic (exact) mass is 338 g/mol. The highest BCUT2D eigenvalue weighted by atomic mass is 16.6. The SMILES string of the molecule is CC(C)(C)Nc1ncnc(Nc2cccc3cccnc23)c1[N+](=O)[O-]. The van der Waals surface area contributed by atoms with Crippen LogP contribution in [0.25, 0.3) is 10.9 Å². The molecule has 1 aromatic carbocycles. The predicted molar refractivity (Wildman–Crippen MR) is 97.1 cm³/mol. The van der Waals surface area contributed by atoms with Crippen LogP contribution in [0.2, 0.25) is 0 Å². The third-order valence-corrected chi connectivity index (χ3v) is 3.38. The molecule has 0 bridgehead atoms. The van der Waals surface area contributed by atoms with Gasteiger partial charge < -0.3 is 10.6 Å². The van der Waals surface area contributed by atoms with E-state index in [0.29, 0.717) is 11.2 Å². The Balaban J connectivity index is 2.08. The lowest BCUT2D eigenvalue weighted by Gasteiger charge is -2.21. The summed E-state index contributed by atoms with van der Waals surface area (Å²) in [7, 11) is 0. The van der Waals surface area contributed by atoms with Crippen LogP contribution in [-0.2, 0) is 0 Å². The molecular formula is C17H18N6O2. The van der Waals surface area contributed by atoms with Crippen LogP contribution >= 0.6 is 0 Å². The summed E-state index contributed by atoms with van der Waals surface area (Å²) in [5, 5.41) is 18.6. The van der Waals surface area contributed by atoms with E-state index in [4.69, 9.17) is 0 Å². The largest absolute Gasteiger partial charge is 0.360 e. The molecule has 8 heteroatoms. The van der Waals surface area contributed by atoms with Crippen molar-refractivity contribution in [1.29, 1.82) is 0 Å². The van der Waals surface area contributed by atoms with Gasteiger partial charge in [0.1, 0.15) is 6.33 Å². The number of hydrogen-bond acceptors (Lipinski definition) is 7. The van der Waals surface area contributed by atoms with Crippen LogP contribution in [-0.4, -0.2) is 25.4 Å². The van der Waals surface area contributed by atoms with Crippen molar-refractivity contribution in [2.75, 3.05) is 10.6 Å². The van der Waals surface area contributed by atoms with E-state index in [1.165, 1.54) is 6.33 Å². The normalized spacial score (nSPS) is 11.3. The maximum absolute atomic E-state index is 11.6. The lowest BCUT2D eigenvalue weighted by Crippen LogP contribution is -2.27. The van der Waals surface area contributed by atoms with Crippen molar-refractivity contribution in [1.82, 2.24) is 15.0 Å². The fourth-order valence-electron chi connectivity index (χ4n) is 2.42. The third kappa shape index (κ3) is 3.63. The molecule has 25 heavy (non-hydrogen) atoms. The molecular weight excluding hydrogens is 320 g/mol. The lowest BCUT2D eigenvalue weighted by atomic mass is 10.1. The van der Waals surface area contributed by atoms with Gasteiger partial charge in [-0.15, -0.1) is 0 Å². The first-order valence-electron chi connectivity index (χ1n) is 7.73. The summed E-state index contributed by atoms with van der Waals surface area (Å²) in [6.07, 6.45) is 2.97. The van der Waals surface area contributed by atoms with Crippen molar-refractivity contribution in [3.63, 3.8) is 0 Å². The van der Waals surface area contributed by atoms with Crippen molar-refractivity contribution in [2.45, 2.75) is 26.3 Å². The highest BCUT2D eigenvalue weighted by molar-refractivity contribution is 5.92. The number of rotatable bonds is 4. The van der Waals surface area contributed by atoms with Gasteiger partial charge in [-0.05, 0) is 32.9 Å². The first-order valence-corrected chi connectivity index (χ1v) is 7.73. The Kier molecular flexibility index (Phi) is 4.18. The Morgan fingerprint density at radius 2 is 1.76 bits per heavy atom. The van der Waals surface area contributed by atoms with E-state index in [-0.39, 0.29) is 22.9 Å². The van der Waals surface area contributed by atoms with Crippen molar-refractivity contribution in [3.8, 4) is 0 Å². The standard InChI is InChI=1S/C17H18N6O2/c1-17(2,3)22-16-14(23(24)25)15(19-10-20-16)21-12-8-4-6-11-7-5-9-18-13(11)12/h4-10H,1-3H3,(H2,19,20,21,22). The third-order valence-electron chi connectivity index (χ3n) is 3.38. The van der Waals surface area contributed by atoms with Gasteiger partial charge in [0.25, 0.3) is 0 Å². The van der Waals surface area contributed by atoms with E-state index in [1.54, 1.807) is 12.3 Å². The number of benzene rings is 1. The van der Waals surface area contributed by atoms with Crippen molar-refractivity contribution in [3.05, 3.63) is 53.0 Å². The molecule has 0 aliphatic heterocycles. The second-order valence-electron chi connectivity index (χ2n) is 6.56. The van der Waals surface area contributed by atoms with Gasteiger partial charge in [-0.3, -0.25) is 15.1 Å². The number of anilines is 3. The first kappa shape index (κ1) is 16.6. The molecule has 2 N–H and O–H groups in total. The van der Waals surface area contributed by atoms with Crippen molar-refractivity contribution in [2.24, 2.45) is 0 Å². The fraction of sp³-hybridized carbons (Fsp3) is 0.235. The molecule has 0 saturated heterocycles. The fourth-order valence-corrected chi connectivity index (χ4v) is 2.42. The minimum atomic E-state index is -0.491.